The molecule has 0 aliphatic heterocycles. The molecule has 4 heteroatoms. The van der Waals surface area contributed by atoms with Crippen LogP contribution in [-0.4, -0.2) is 16.4 Å². The number of aromatic nitrogens is 2. The summed E-state index contributed by atoms with van der Waals surface area (Å²) in [6.07, 6.45) is 3.83. The largest absolute Gasteiger partial charge is 0.492 e. The van der Waals surface area contributed by atoms with Crippen LogP contribution in [0, 0.1) is 6.92 Å². The smallest absolute Gasteiger partial charge is 0.119 e. The topological polar surface area (TPSA) is 53.1 Å². The molecule has 1 aromatic carbocycles. The predicted molar refractivity (Wildman–Crippen MR) is 63.3 cm³/mol. The molecule has 0 aliphatic rings. The first-order valence-electron chi connectivity index (χ1n) is 5.21. The molecule has 2 rings (SSSR count). The van der Waals surface area contributed by atoms with Gasteiger partial charge in [-0.05, 0) is 36.8 Å². The number of nitrogens with two attached hydrogens (primary N) is 1. The minimum absolute atomic E-state index is 0.602. The minimum atomic E-state index is 0.602. The highest BCUT2D eigenvalue weighted by atomic mass is 16.5. The van der Waals surface area contributed by atoms with E-state index in [1.54, 1.807) is 0 Å². The lowest BCUT2D eigenvalue weighted by molar-refractivity contribution is 0.291. The molecule has 1 aromatic heterocycles. The minimum Gasteiger partial charge on any atom is -0.492 e. The summed E-state index contributed by atoms with van der Waals surface area (Å²) in [6.45, 7) is 3.37. The fourth-order valence-electron chi connectivity index (χ4n) is 1.41. The van der Waals surface area contributed by atoms with E-state index in [1.807, 2.05) is 48.3 Å². The molecule has 0 amide bonds. The van der Waals surface area contributed by atoms with Gasteiger partial charge in [0.15, 0.2) is 0 Å². The second-order valence-electron chi connectivity index (χ2n) is 3.70. The molecular weight excluding hydrogens is 202 g/mol. The van der Waals surface area contributed by atoms with Crippen molar-refractivity contribution in [2.45, 2.75) is 13.5 Å². The fourth-order valence-corrected chi connectivity index (χ4v) is 1.41. The van der Waals surface area contributed by atoms with E-state index in [0.29, 0.717) is 6.61 Å². The van der Waals surface area contributed by atoms with E-state index in [-0.39, 0.29) is 0 Å². The third-order valence-corrected chi connectivity index (χ3v) is 2.23. The maximum absolute atomic E-state index is 5.58. The Kier molecular flexibility index (Phi) is 3.10. The molecule has 0 aliphatic carbocycles. The van der Waals surface area contributed by atoms with Gasteiger partial charge in [-0.15, -0.1) is 0 Å². The van der Waals surface area contributed by atoms with Crippen molar-refractivity contribution in [3.63, 3.8) is 0 Å². The van der Waals surface area contributed by atoms with Crippen molar-refractivity contribution in [3.8, 4) is 5.75 Å². The molecule has 0 unspecified atom stereocenters. The van der Waals surface area contributed by atoms with Crippen molar-refractivity contribution in [2.75, 3.05) is 12.3 Å². The predicted octanol–water partition coefficient (Wildman–Crippen LogP) is 1.85. The van der Waals surface area contributed by atoms with Gasteiger partial charge in [0.2, 0.25) is 0 Å². The number of hydrogen-bond acceptors (Lipinski definition) is 3. The van der Waals surface area contributed by atoms with E-state index in [4.69, 9.17) is 10.5 Å². The van der Waals surface area contributed by atoms with Gasteiger partial charge in [0, 0.05) is 11.9 Å². The van der Waals surface area contributed by atoms with E-state index in [1.165, 1.54) is 0 Å². The van der Waals surface area contributed by atoms with Gasteiger partial charge >= 0.3 is 0 Å². The quantitative estimate of drug-likeness (QED) is 0.795. The maximum Gasteiger partial charge on any atom is 0.119 e. The summed E-state index contributed by atoms with van der Waals surface area (Å²) in [6, 6.07) is 7.38. The summed E-state index contributed by atoms with van der Waals surface area (Å²) in [5.41, 5.74) is 7.48. The van der Waals surface area contributed by atoms with Crippen LogP contribution in [-0.2, 0) is 6.54 Å². The first-order valence-corrected chi connectivity index (χ1v) is 5.21. The number of hydrogen-bond donors (Lipinski definition) is 1. The summed E-state index contributed by atoms with van der Waals surface area (Å²) in [4.78, 5) is 0. The highest BCUT2D eigenvalue weighted by molar-refractivity contribution is 5.41. The van der Waals surface area contributed by atoms with Gasteiger partial charge in [-0.1, -0.05) is 0 Å². The first kappa shape index (κ1) is 10.5. The number of rotatable bonds is 4. The lowest BCUT2D eigenvalue weighted by atomic mass is 10.3. The van der Waals surface area contributed by atoms with Gasteiger partial charge in [0.25, 0.3) is 0 Å². The van der Waals surface area contributed by atoms with Gasteiger partial charge in [0.1, 0.15) is 12.4 Å². The molecule has 0 radical (unpaired) electrons. The molecule has 0 fully saturated rings. The number of anilines is 1. The molecule has 16 heavy (non-hydrogen) atoms. The molecular formula is C12H15N3O. The van der Waals surface area contributed by atoms with Crippen LogP contribution in [0.1, 0.15) is 5.56 Å². The van der Waals surface area contributed by atoms with Gasteiger partial charge < -0.3 is 10.5 Å². The zero-order chi connectivity index (χ0) is 11.4. The third kappa shape index (κ3) is 2.76. The van der Waals surface area contributed by atoms with Crippen LogP contribution in [0.3, 0.4) is 0 Å². The monoisotopic (exact) mass is 217 g/mol. The van der Waals surface area contributed by atoms with Crippen LogP contribution >= 0.6 is 0 Å². The third-order valence-electron chi connectivity index (χ3n) is 2.23. The van der Waals surface area contributed by atoms with Crippen LogP contribution in [0.5, 0.6) is 5.75 Å². The van der Waals surface area contributed by atoms with E-state index in [2.05, 4.69) is 5.10 Å². The SMILES string of the molecule is Cc1cnn(CCOc2ccc(N)cc2)c1. The van der Waals surface area contributed by atoms with E-state index in [9.17, 15) is 0 Å². The van der Waals surface area contributed by atoms with E-state index in [0.717, 1.165) is 23.5 Å². The van der Waals surface area contributed by atoms with Gasteiger partial charge in [-0.2, -0.15) is 5.10 Å². The molecule has 0 saturated carbocycles. The van der Waals surface area contributed by atoms with Gasteiger partial charge in [0.05, 0.1) is 12.7 Å². The Morgan fingerprint density at radius 1 is 1.31 bits per heavy atom. The van der Waals surface area contributed by atoms with E-state index >= 15 is 0 Å². The summed E-state index contributed by atoms with van der Waals surface area (Å²) >= 11 is 0. The molecule has 1 heterocycles. The molecule has 4 nitrogen and oxygen atoms in total. The Hall–Kier alpha value is -1.97. The Morgan fingerprint density at radius 2 is 2.06 bits per heavy atom. The molecule has 0 bridgehead atoms. The first-order chi connectivity index (χ1) is 7.74. The molecule has 0 spiro atoms. The van der Waals surface area contributed by atoms with Gasteiger partial charge in [-0.3, -0.25) is 4.68 Å². The lowest BCUT2D eigenvalue weighted by Crippen LogP contribution is -2.08. The molecule has 2 N–H and O–H groups in total. The van der Waals surface area contributed by atoms with Crippen molar-refractivity contribution in [1.29, 1.82) is 0 Å². The second-order valence-corrected chi connectivity index (χ2v) is 3.70. The zero-order valence-corrected chi connectivity index (χ0v) is 9.26. The number of benzene rings is 1. The Balaban J connectivity index is 1.82. The van der Waals surface area contributed by atoms with Crippen LogP contribution in [0.2, 0.25) is 0 Å². The highest BCUT2D eigenvalue weighted by Crippen LogP contribution is 2.12. The molecule has 84 valence electrons. The molecule has 0 saturated heterocycles. The van der Waals surface area contributed by atoms with E-state index < -0.39 is 0 Å². The highest BCUT2D eigenvalue weighted by Gasteiger charge is 1.96. The summed E-state index contributed by atoms with van der Waals surface area (Å²) in [7, 11) is 0. The van der Waals surface area contributed by atoms with Crippen molar-refractivity contribution >= 4 is 5.69 Å². The Bertz CT molecular complexity index is 448. The number of ether oxygens (including phenoxy) is 1. The molecule has 2 aromatic rings. The summed E-state index contributed by atoms with van der Waals surface area (Å²) < 4.78 is 7.43. The number of aryl methyl sites for hydroxylation is 1. The lowest BCUT2D eigenvalue weighted by Gasteiger charge is -2.06. The fraction of sp³-hybridized carbons (Fsp3) is 0.250. The Morgan fingerprint density at radius 3 is 2.69 bits per heavy atom. The standard InChI is InChI=1S/C12H15N3O/c1-10-8-14-15(9-10)6-7-16-12-4-2-11(13)3-5-12/h2-5,8-9H,6-7,13H2,1H3. The van der Waals surface area contributed by atoms with Crippen LogP contribution in [0.15, 0.2) is 36.7 Å². The second kappa shape index (κ2) is 4.70. The molecule has 0 atom stereocenters. The van der Waals surface area contributed by atoms with Gasteiger partial charge in [-0.25, -0.2) is 0 Å². The number of nitrogens with zero attached hydrogens (tertiary/aromatic N) is 2. The normalized spacial score (nSPS) is 10.3. The van der Waals surface area contributed by atoms with Crippen molar-refractivity contribution < 1.29 is 4.74 Å². The van der Waals surface area contributed by atoms with Crippen LogP contribution in [0.4, 0.5) is 5.69 Å². The number of nitrogen functional groups attached to an aromatic ring is 1. The van der Waals surface area contributed by atoms with Crippen molar-refractivity contribution in [1.82, 2.24) is 9.78 Å². The van der Waals surface area contributed by atoms with Crippen molar-refractivity contribution in [2.24, 2.45) is 0 Å². The maximum atomic E-state index is 5.58. The van der Waals surface area contributed by atoms with Crippen LogP contribution in [0.25, 0.3) is 0 Å². The Labute approximate surface area is 94.6 Å². The average molecular weight is 217 g/mol. The zero-order valence-electron chi connectivity index (χ0n) is 9.26. The average Bonchev–Trinajstić information content (AvgIpc) is 2.67. The van der Waals surface area contributed by atoms with Crippen LogP contribution < -0.4 is 10.5 Å². The van der Waals surface area contributed by atoms with Crippen molar-refractivity contribution in [3.05, 3.63) is 42.2 Å². The summed E-state index contributed by atoms with van der Waals surface area (Å²) in [5.74, 6) is 0.832. The summed E-state index contributed by atoms with van der Waals surface area (Å²) in [5, 5.41) is 4.18.